The first-order chi connectivity index (χ1) is 15.2. The summed E-state index contributed by atoms with van der Waals surface area (Å²) >= 11 is 0. The van der Waals surface area contributed by atoms with Crippen molar-refractivity contribution in [3.8, 4) is 11.5 Å². The Morgan fingerprint density at radius 3 is 2.84 bits per heavy atom. The summed E-state index contributed by atoms with van der Waals surface area (Å²) in [6.07, 6.45) is 7.72. The molecule has 2 aromatic rings. The minimum Gasteiger partial charge on any atom is -0.486 e. The van der Waals surface area contributed by atoms with Gasteiger partial charge in [0.15, 0.2) is 11.5 Å². The molecule has 8 nitrogen and oxygen atoms in total. The first kappa shape index (κ1) is 19.9. The van der Waals surface area contributed by atoms with Crippen LogP contribution >= 0.6 is 0 Å². The zero-order chi connectivity index (χ0) is 21.0. The van der Waals surface area contributed by atoms with Crippen molar-refractivity contribution in [1.82, 2.24) is 9.97 Å². The number of nitrogens with one attached hydrogen (secondary N) is 2. The Labute approximate surface area is 182 Å². The summed E-state index contributed by atoms with van der Waals surface area (Å²) in [4.78, 5) is 23.7. The normalized spacial score (nSPS) is 20.3. The van der Waals surface area contributed by atoms with Crippen molar-refractivity contribution in [2.45, 2.75) is 44.6 Å². The molecule has 2 N–H and O–H groups in total. The van der Waals surface area contributed by atoms with E-state index in [1.165, 1.54) is 12.8 Å². The van der Waals surface area contributed by atoms with Gasteiger partial charge in [0.25, 0.3) is 0 Å². The van der Waals surface area contributed by atoms with Crippen molar-refractivity contribution >= 4 is 23.2 Å². The van der Waals surface area contributed by atoms with Crippen LogP contribution in [0.5, 0.6) is 11.5 Å². The van der Waals surface area contributed by atoms with Crippen LogP contribution < -0.4 is 25.0 Å². The predicted molar refractivity (Wildman–Crippen MR) is 119 cm³/mol. The molecule has 31 heavy (non-hydrogen) atoms. The topological polar surface area (TPSA) is 88.6 Å². The van der Waals surface area contributed by atoms with E-state index < -0.39 is 0 Å². The molecule has 164 valence electrons. The Balaban J connectivity index is 1.12. The SMILES string of the molecule is O=C(CC[C@H]1CCCN(c2cc(NC3CC3)ncn2)C1)Nc1ccc2c(c1)OCCO2. The highest BCUT2D eigenvalue weighted by molar-refractivity contribution is 5.91. The van der Waals surface area contributed by atoms with Gasteiger partial charge in [-0.3, -0.25) is 4.79 Å². The highest BCUT2D eigenvalue weighted by Crippen LogP contribution is 2.33. The van der Waals surface area contributed by atoms with E-state index in [0.29, 0.717) is 37.3 Å². The molecule has 1 aromatic heterocycles. The Morgan fingerprint density at radius 2 is 1.97 bits per heavy atom. The van der Waals surface area contributed by atoms with Gasteiger partial charge in [0.05, 0.1) is 0 Å². The van der Waals surface area contributed by atoms with Gasteiger partial charge < -0.3 is 25.0 Å². The molecule has 2 aliphatic heterocycles. The summed E-state index contributed by atoms with van der Waals surface area (Å²) in [5, 5.41) is 6.43. The van der Waals surface area contributed by atoms with Gasteiger partial charge in [0.1, 0.15) is 31.2 Å². The number of amides is 1. The first-order valence-electron chi connectivity index (χ1n) is 11.3. The lowest BCUT2D eigenvalue weighted by atomic mass is 9.93. The second-order valence-electron chi connectivity index (χ2n) is 8.58. The molecule has 2 fully saturated rings. The molecule has 3 heterocycles. The van der Waals surface area contributed by atoms with E-state index in [2.05, 4.69) is 31.6 Å². The minimum atomic E-state index is 0.0340. The first-order valence-corrected chi connectivity index (χ1v) is 11.3. The molecule has 3 aliphatic rings. The fourth-order valence-corrected chi connectivity index (χ4v) is 4.22. The predicted octanol–water partition coefficient (Wildman–Crippen LogP) is 3.46. The fourth-order valence-electron chi connectivity index (χ4n) is 4.22. The number of ether oxygens (including phenoxy) is 2. The third kappa shape index (κ3) is 5.18. The lowest BCUT2D eigenvalue weighted by Crippen LogP contribution is -2.36. The molecule has 0 spiro atoms. The maximum absolute atomic E-state index is 12.5. The van der Waals surface area contributed by atoms with Gasteiger partial charge in [0.2, 0.25) is 5.91 Å². The van der Waals surface area contributed by atoms with Gasteiger partial charge in [-0.2, -0.15) is 0 Å². The fraction of sp³-hybridized carbons (Fsp3) is 0.522. The van der Waals surface area contributed by atoms with E-state index in [-0.39, 0.29) is 5.91 Å². The van der Waals surface area contributed by atoms with Crippen LogP contribution in [0.4, 0.5) is 17.3 Å². The number of nitrogens with zero attached hydrogens (tertiary/aromatic N) is 3. The van der Waals surface area contributed by atoms with Gasteiger partial charge in [-0.1, -0.05) is 0 Å². The summed E-state index contributed by atoms with van der Waals surface area (Å²) in [6.45, 7) is 3.02. The minimum absolute atomic E-state index is 0.0340. The number of carbonyl (C=O) groups is 1. The van der Waals surface area contributed by atoms with Crippen LogP contribution in [0.1, 0.15) is 38.5 Å². The lowest BCUT2D eigenvalue weighted by Gasteiger charge is -2.33. The number of carbonyl (C=O) groups excluding carboxylic acids is 1. The third-order valence-electron chi connectivity index (χ3n) is 6.03. The van der Waals surface area contributed by atoms with Crippen LogP contribution in [-0.2, 0) is 4.79 Å². The van der Waals surface area contributed by atoms with Crippen LogP contribution in [0.25, 0.3) is 0 Å². The van der Waals surface area contributed by atoms with Crippen LogP contribution in [0, 0.1) is 5.92 Å². The smallest absolute Gasteiger partial charge is 0.224 e. The summed E-state index contributed by atoms with van der Waals surface area (Å²) in [7, 11) is 0. The molecule has 0 unspecified atom stereocenters. The van der Waals surface area contributed by atoms with Crippen molar-refractivity contribution < 1.29 is 14.3 Å². The van der Waals surface area contributed by atoms with E-state index in [1.807, 2.05) is 18.2 Å². The molecule has 5 rings (SSSR count). The number of aromatic nitrogens is 2. The zero-order valence-corrected chi connectivity index (χ0v) is 17.7. The molecular weight excluding hydrogens is 394 g/mol. The number of benzene rings is 1. The van der Waals surface area contributed by atoms with Crippen molar-refractivity contribution in [3.05, 3.63) is 30.6 Å². The Morgan fingerprint density at radius 1 is 1.10 bits per heavy atom. The Kier molecular flexibility index (Phi) is 5.78. The lowest BCUT2D eigenvalue weighted by molar-refractivity contribution is -0.116. The van der Waals surface area contributed by atoms with Gasteiger partial charge in [0, 0.05) is 43.4 Å². The largest absolute Gasteiger partial charge is 0.486 e. The van der Waals surface area contributed by atoms with Gasteiger partial charge in [-0.05, 0) is 50.2 Å². The van der Waals surface area contributed by atoms with Crippen molar-refractivity contribution in [2.75, 3.05) is 41.8 Å². The van der Waals surface area contributed by atoms with Gasteiger partial charge in [-0.15, -0.1) is 0 Å². The Hall–Kier alpha value is -3.03. The number of rotatable bonds is 7. The van der Waals surface area contributed by atoms with Gasteiger partial charge in [-0.25, -0.2) is 9.97 Å². The average Bonchev–Trinajstić information content (AvgIpc) is 3.62. The summed E-state index contributed by atoms with van der Waals surface area (Å²) in [6, 6.07) is 8.16. The summed E-state index contributed by atoms with van der Waals surface area (Å²) < 4.78 is 11.1. The van der Waals surface area contributed by atoms with E-state index >= 15 is 0 Å². The molecule has 1 aliphatic carbocycles. The highest BCUT2D eigenvalue weighted by Gasteiger charge is 2.24. The summed E-state index contributed by atoms with van der Waals surface area (Å²) in [5.41, 5.74) is 0.746. The zero-order valence-electron chi connectivity index (χ0n) is 17.7. The number of fused-ring (bicyclic) bond motifs is 1. The van der Waals surface area contributed by atoms with E-state index in [1.54, 1.807) is 6.33 Å². The Bertz CT molecular complexity index is 933. The molecular formula is C23H29N5O3. The maximum Gasteiger partial charge on any atom is 0.224 e. The molecule has 8 heteroatoms. The number of hydrogen-bond acceptors (Lipinski definition) is 7. The second kappa shape index (κ2) is 8.99. The standard InChI is InChI=1S/C23H29N5O3/c29-23(27-18-6-7-19-20(12-18)31-11-10-30-19)8-3-16-2-1-9-28(14-16)22-13-21(24-15-25-22)26-17-4-5-17/h6-7,12-13,15-17H,1-5,8-11,14H2,(H,27,29)(H,24,25,26)/t16-/m1/s1. The van der Waals surface area contributed by atoms with Crippen molar-refractivity contribution in [1.29, 1.82) is 0 Å². The van der Waals surface area contributed by atoms with Crippen molar-refractivity contribution in [3.63, 3.8) is 0 Å². The van der Waals surface area contributed by atoms with Crippen LogP contribution in [-0.4, -0.2) is 48.2 Å². The van der Waals surface area contributed by atoms with Crippen LogP contribution in [0.15, 0.2) is 30.6 Å². The number of piperidine rings is 1. The maximum atomic E-state index is 12.5. The molecule has 1 saturated heterocycles. The number of hydrogen-bond donors (Lipinski definition) is 2. The van der Waals surface area contributed by atoms with E-state index in [4.69, 9.17) is 9.47 Å². The number of anilines is 3. The summed E-state index contributed by atoms with van der Waals surface area (Å²) in [5.74, 6) is 3.82. The quantitative estimate of drug-likeness (QED) is 0.705. The molecule has 0 radical (unpaired) electrons. The third-order valence-corrected chi connectivity index (χ3v) is 6.03. The average molecular weight is 424 g/mol. The van der Waals surface area contributed by atoms with E-state index in [9.17, 15) is 4.79 Å². The van der Waals surface area contributed by atoms with Gasteiger partial charge >= 0.3 is 0 Å². The van der Waals surface area contributed by atoms with E-state index in [0.717, 1.165) is 55.4 Å². The molecule has 1 aromatic carbocycles. The van der Waals surface area contributed by atoms with Crippen LogP contribution in [0.2, 0.25) is 0 Å². The van der Waals surface area contributed by atoms with Crippen LogP contribution in [0.3, 0.4) is 0 Å². The molecule has 0 bridgehead atoms. The monoisotopic (exact) mass is 423 g/mol. The molecule has 1 amide bonds. The van der Waals surface area contributed by atoms with Crippen molar-refractivity contribution in [2.24, 2.45) is 5.92 Å². The molecule has 1 atom stereocenters. The second-order valence-corrected chi connectivity index (χ2v) is 8.58. The molecule has 1 saturated carbocycles. The highest BCUT2D eigenvalue weighted by atomic mass is 16.6.